The molecule has 1 aromatic carbocycles. The average Bonchev–Trinajstić information content (AvgIpc) is 2.54. The summed E-state index contributed by atoms with van der Waals surface area (Å²) in [6.07, 6.45) is 0.787. The van der Waals surface area contributed by atoms with Crippen LogP contribution in [0, 0.1) is 11.7 Å². The van der Waals surface area contributed by atoms with Crippen molar-refractivity contribution in [3.8, 4) is 11.5 Å². The third kappa shape index (κ3) is 3.35. The number of nitrogens with one attached hydrogen (secondary N) is 1. The van der Waals surface area contributed by atoms with E-state index in [0.717, 1.165) is 18.5 Å². The molecular formula is C14H20FNO2. The molecule has 1 aliphatic heterocycles. The zero-order chi connectivity index (χ0) is 13.0. The first-order chi connectivity index (χ1) is 8.66. The molecule has 1 heterocycles. The highest BCUT2D eigenvalue weighted by atomic mass is 19.1. The molecule has 0 spiro atoms. The molecule has 0 bridgehead atoms. The maximum absolute atomic E-state index is 13.9. The minimum Gasteiger partial charge on any atom is -0.489 e. The highest BCUT2D eigenvalue weighted by Crippen LogP contribution is 2.33. The molecule has 100 valence electrons. The van der Waals surface area contributed by atoms with Crippen molar-refractivity contribution in [3.63, 3.8) is 0 Å². The Labute approximate surface area is 107 Å². The number of halogens is 1. The highest BCUT2D eigenvalue weighted by molar-refractivity contribution is 5.44. The number of hydrogen-bond donors (Lipinski definition) is 1. The van der Waals surface area contributed by atoms with Gasteiger partial charge in [-0.25, -0.2) is 4.39 Å². The van der Waals surface area contributed by atoms with E-state index in [4.69, 9.17) is 9.47 Å². The van der Waals surface area contributed by atoms with Crippen LogP contribution in [-0.4, -0.2) is 19.8 Å². The molecule has 4 heteroatoms. The van der Waals surface area contributed by atoms with Gasteiger partial charge < -0.3 is 14.8 Å². The molecule has 3 nitrogen and oxygen atoms in total. The zero-order valence-electron chi connectivity index (χ0n) is 11.0. The van der Waals surface area contributed by atoms with Gasteiger partial charge in [0, 0.05) is 13.0 Å². The van der Waals surface area contributed by atoms with Crippen LogP contribution in [0.3, 0.4) is 0 Å². The second-order valence-electron chi connectivity index (χ2n) is 4.98. The van der Waals surface area contributed by atoms with Crippen molar-refractivity contribution >= 4 is 0 Å². The van der Waals surface area contributed by atoms with Crippen molar-refractivity contribution in [2.24, 2.45) is 5.92 Å². The van der Waals surface area contributed by atoms with Crippen molar-refractivity contribution in [1.29, 1.82) is 0 Å². The molecule has 18 heavy (non-hydrogen) atoms. The van der Waals surface area contributed by atoms with E-state index in [2.05, 4.69) is 19.2 Å². The summed E-state index contributed by atoms with van der Waals surface area (Å²) in [5.74, 6) is 1.01. The Morgan fingerprint density at radius 1 is 1.28 bits per heavy atom. The van der Waals surface area contributed by atoms with Gasteiger partial charge in [0.15, 0.2) is 17.3 Å². The van der Waals surface area contributed by atoms with Gasteiger partial charge in [0.2, 0.25) is 0 Å². The van der Waals surface area contributed by atoms with Crippen molar-refractivity contribution < 1.29 is 13.9 Å². The van der Waals surface area contributed by atoms with Crippen molar-refractivity contribution in [2.45, 2.75) is 26.8 Å². The monoisotopic (exact) mass is 253 g/mol. The van der Waals surface area contributed by atoms with Gasteiger partial charge in [-0.1, -0.05) is 13.8 Å². The zero-order valence-corrected chi connectivity index (χ0v) is 11.0. The van der Waals surface area contributed by atoms with Crippen LogP contribution in [0.4, 0.5) is 4.39 Å². The van der Waals surface area contributed by atoms with Crippen LogP contribution in [0.25, 0.3) is 0 Å². The van der Waals surface area contributed by atoms with E-state index in [1.54, 1.807) is 0 Å². The largest absolute Gasteiger partial charge is 0.489 e. The maximum atomic E-state index is 13.9. The Morgan fingerprint density at radius 3 is 2.83 bits per heavy atom. The fourth-order valence-electron chi connectivity index (χ4n) is 1.89. The summed E-state index contributed by atoms with van der Waals surface area (Å²) in [6.45, 7) is 6.93. The van der Waals surface area contributed by atoms with E-state index < -0.39 is 0 Å². The molecule has 0 aliphatic carbocycles. The fourth-order valence-corrected chi connectivity index (χ4v) is 1.89. The maximum Gasteiger partial charge on any atom is 0.197 e. The summed E-state index contributed by atoms with van der Waals surface area (Å²) in [7, 11) is 0. The van der Waals surface area contributed by atoms with Crippen LogP contribution in [0.5, 0.6) is 11.5 Å². The number of fused-ring (bicyclic) bond motifs is 1. The van der Waals surface area contributed by atoms with Gasteiger partial charge in [-0.3, -0.25) is 0 Å². The van der Waals surface area contributed by atoms with Crippen LogP contribution < -0.4 is 14.8 Å². The molecule has 1 aliphatic rings. The molecule has 0 amide bonds. The van der Waals surface area contributed by atoms with Crippen molar-refractivity contribution in [3.05, 3.63) is 23.5 Å². The lowest BCUT2D eigenvalue weighted by Crippen LogP contribution is -2.19. The topological polar surface area (TPSA) is 30.5 Å². The minimum atomic E-state index is -0.337. The first-order valence-electron chi connectivity index (χ1n) is 6.45. The predicted octanol–water partition coefficient (Wildman–Crippen LogP) is 2.73. The Morgan fingerprint density at radius 2 is 2.06 bits per heavy atom. The van der Waals surface area contributed by atoms with Crippen LogP contribution in [-0.2, 0) is 6.54 Å². The van der Waals surface area contributed by atoms with E-state index in [1.807, 2.05) is 6.07 Å². The van der Waals surface area contributed by atoms with Gasteiger partial charge in [-0.15, -0.1) is 0 Å². The lowest BCUT2D eigenvalue weighted by molar-refractivity contribution is 0.292. The SMILES string of the molecule is CC(C)CNCc1cc(F)c2c(c1)OCCCO2. The molecule has 0 aromatic heterocycles. The second kappa shape index (κ2) is 6.05. The Kier molecular flexibility index (Phi) is 4.42. The fraction of sp³-hybridized carbons (Fsp3) is 0.571. The second-order valence-corrected chi connectivity index (χ2v) is 4.98. The smallest absolute Gasteiger partial charge is 0.197 e. The standard InChI is InChI=1S/C14H20FNO2/c1-10(2)8-16-9-11-6-12(15)14-13(7-11)17-4-3-5-18-14/h6-7,10,16H,3-5,8-9H2,1-2H3. The molecule has 2 rings (SSSR count). The molecule has 0 radical (unpaired) electrons. The number of hydrogen-bond acceptors (Lipinski definition) is 3. The van der Waals surface area contributed by atoms with Gasteiger partial charge in [0.1, 0.15) is 0 Å². The number of benzene rings is 1. The van der Waals surface area contributed by atoms with E-state index in [0.29, 0.717) is 31.4 Å². The van der Waals surface area contributed by atoms with Gasteiger partial charge in [0.25, 0.3) is 0 Å². The third-order valence-corrected chi connectivity index (χ3v) is 2.74. The van der Waals surface area contributed by atoms with E-state index in [1.165, 1.54) is 6.07 Å². The van der Waals surface area contributed by atoms with Crippen LogP contribution in [0.1, 0.15) is 25.8 Å². The quantitative estimate of drug-likeness (QED) is 0.895. The summed E-state index contributed by atoms with van der Waals surface area (Å²) >= 11 is 0. The normalized spacial score (nSPS) is 14.7. The van der Waals surface area contributed by atoms with Gasteiger partial charge in [0.05, 0.1) is 13.2 Å². The van der Waals surface area contributed by atoms with Crippen molar-refractivity contribution in [1.82, 2.24) is 5.32 Å². The molecule has 1 aromatic rings. The molecule has 0 saturated heterocycles. The Balaban J connectivity index is 2.08. The third-order valence-electron chi connectivity index (χ3n) is 2.74. The Bertz CT molecular complexity index is 407. The summed E-state index contributed by atoms with van der Waals surface area (Å²) in [5, 5.41) is 3.29. The molecule has 0 saturated carbocycles. The molecule has 0 fully saturated rings. The first-order valence-corrected chi connectivity index (χ1v) is 6.45. The number of ether oxygens (including phenoxy) is 2. The number of rotatable bonds is 4. The minimum absolute atomic E-state index is 0.250. The molecule has 0 atom stereocenters. The van der Waals surface area contributed by atoms with Crippen molar-refractivity contribution in [2.75, 3.05) is 19.8 Å². The summed E-state index contributed by atoms with van der Waals surface area (Å²) in [5.41, 5.74) is 0.886. The van der Waals surface area contributed by atoms with E-state index in [-0.39, 0.29) is 11.6 Å². The summed E-state index contributed by atoms with van der Waals surface area (Å²) in [6, 6.07) is 3.37. The molecule has 0 unspecified atom stereocenters. The lowest BCUT2D eigenvalue weighted by atomic mass is 10.1. The predicted molar refractivity (Wildman–Crippen MR) is 68.6 cm³/mol. The summed E-state index contributed by atoms with van der Waals surface area (Å²) in [4.78, 5) is 0. The Hall–Kier alpha value is -1.29. The van der Waals surface area contributed by atoms with E-state index >= 15 is 0 Å². The van der Waals surface area contributed by atoms with Gasteiger partial charge in [-0.05, 0) is 30.2 Å². The first kappa shape index (κ1) is 13.1. The summed E-state index contributed by atoms with van der Waals surface area (Å²) < 4.78 is 24.7. The van der Waals surface area contributed by atoms with Crippen LogP contribution >= 0.6 is 0 Å². The van der Waals surface area contributed by atoms with Crippen LogP contribution in [0.2, 0.25) is 0 Å². The molecular weight excluding hydrogens is 233 g/mol. The van der Waals surface area contributed by atoms with E-state index in [9.17, 15) is 4.39 Å². The lowest BCUT2D eigenvalue weighted by Gasteiger charge is -2.12. The molecule has 1 N–H and O–H groups in total. The van der Waals surface area contributed by atoms with Gasteiger partial charge in [-0.2, -0.15) is 0 Å². The highest BCUT2D eigenvalue weighted by Gasteiger charge is 2.16. The average molecular weight is 253 g/mol. The van der Waals surface area contributed by atoms with Crippen LogP contribution in [0.15, 0.2) is 12.1 Å². The van der Waals surface area contributed by atoms with Gasteiger partial charge >= 0.3 is 0 Å².